The molecule has 7 nitrogen and oxygen atoms in total. The van der Waals surface area contributed by atoms with Crippen molar-refractivity contribution in [1.29, 1.82) is 0 Å². The van der Waals surface area contributed by atoms with Crippen LogP contribution in [0, 0.1) is 5.41 Å². The van der Waals surface area contributed by atoms with Crippen molar-refractivity contribution in [1.82, 2.24) is 19.9 Å². The van der Waals surface area contributed by atoms with Crippen molar-refractivity contribution >= 4 is 22.9 Å². The lowest BCUT2D eigenvalue weighted by Crippen LogP contribution is -2.37. The van der Waals surface area contributed by atoms with Gasteiger partial charge in [-0.25, -0.2) is 14.8 Å². The number of carbonyl (C=O) groups excluding carboxylic acids is 1. The molecule has 2 aliphatic rings. The molecule has 25 heavy (non-hydrogen) atoms. The third-order valence-electron chi connectivity index (χ3n) is 5.16. The zero-order valence-corrected chi connectivity index (χ0v) is 15.1. The first-order chi connectivity index (χ1) is 11.9. The Bertz CT molecular complexity index is 796. The van der Waals surface area contributed by atoms with E-state index in [0.29, 0.717) is 0 Å². The number of aromatic nitrogens is 3. The maximum absolute atomic E-state index is 12.4. The number of likely N-dealkylation sites (tertiary alicyclic amines) is 1. The highest BCUT2D eigenvalue weighted by atomic mass is 16.6. The number of rotatable bonds is 1. The van der Waals surface area contributed by atoms with Crippen LogP contribution in [0.2, 0.25) is 0 Å². The highest BCUT2D eigenvalue weighted by Gasteiger charge is 2.46. The fourth-order valence-electron chi connectivity index (χ4n) is 3.98. The normalized spacial score (nSPS) is 23.8. The lowest BCUT2D eigenvalue weighted by atomic mass is 9.86. The van der Waals surface area contributed by atoms with Gasteiger partial charge in [-0.15, -0.1) is 0 Å². The van der Waals surface area contributed by atoms with Crippen LogP contribution in [0.3, 0.4) is 0 Å². The Morgan fingerprint density at radius 1 is 1.24 bits per heavy atom. The number of fused-ring (bicyclic) bond motifs is 1. The van der Waals surface area contributed by atoms with Gasteiger partial charge < -0.3 is 19.5 Å². The summed E-state index contributed by atoms with van der Waals surface area (Å²) >= 11 is 0. The Kier molecular flexibility index (Phi) is 3.63. The van der Waals surface area contributed by atoms with Crippen LogP contribution in [0.1, 0.15) is 33.6 Å². The van der Waals surface area contributed by atoms with Gasteiger partial charge in [0.25, 0.3) is 0 Å². The summed E-state index contributed by atoms with van der Waals surface area (Å²) in [6, 6.07) is 2.03. The number of ether oxygens (including phenoxy) is 1. The van der Waals surface area contributed by atoms with E-state index in [2.05, 4.69) is 19.9 Å². The summed E-state index contributed by atoms with van der Waals surface area (Å²) < 4.78 is 5.53. The smallest absolute Gasteiger partial charge is 0.410 e. The molecule has 1 amide bonds. The van der Waals surface area contributed by atoms with Crippen molar-refractivity contribution in [2.45, 2.75) is 39.2 Å². The highest BCUT2D eigenvalue weighted by molar-refractivity contribution is 5.87. The quantitative estimate of drug-likeness (QED) is 0.862. The number of aromatic amines is 1. The molecule has 2 aromatic rings. The molecule has 2 aliphatic heterocycles. The number of anilines is 1. The van der Waals surface area contributed by atoms with Crippen LogP contribution in [0.5, 0.6) is 0 Å². The Labute approximate surface area is 147 Å². The van der Waals surface area contributed by atoms with Crippen LogP contribution in [0.15, 0.2) is 18.6 Å². The van der Waals surface area contributed by atoms with Crippen LogP contribution >= 0.6 is 0 Å². The molecule has 0 aliphatic carbocycles. The van der Waals surface area contributed by atoms with Gasteiger partial charge >= 0.3 is 6.09 Å². The molecule has 1 atom stereocenters. The molecule has 1 spiro atoms. The summed E-state index contributed by atoms with van der Waals surface area (Å²) in [6.07, 6.45) is 5.40. The summed E-state index contributed by atoms with van der Waals surface area (Å²) in [6.45, 7) is 9.14. The minimum Gasteiger partial charge on any atom is -0.444 e. The predicted octanol–water partition coefficient (Wildman–Crippen LogP) is 2.80. The SMILES string of the molecule is CC(C)(C)OC(=O)N1CCC2(CCN(c3ncnc4[nH]ccc34)C2)C1. The van der Waals surface area contributed by atoms with Gasteiger partial charge in [0.1, 0.15) is 23.4 Å². The van der Waals surface area contributed by atoms with Crippen LogP contribution in [-0.2, 0) is 4.74 Å². The van der Waals surface area contributed by atoms with Crippen molar-refractivity contribution < 1.29 is 9.53 Å². The molecule has 4 rings (SSSR count). The molecule has 134 valence electrons. The second-order valence-electron chi connectivity index (χ2n) is 8.26. The van der Waals surface area contributed by atoms with E-state index < -0.39 is 5.60 Å². The first-order valence-corrected chi connectivity index (χ1v) is 8.86. The van der Waals surface area contributed by atoms with Gasteiger partial charge in [0, 0.05) is 37.8 Å². The molecular formula is C18H25N5O2. The second kappa shape index (κ2) is 5.61. The summed E-state index contributed by atoms with van der Waals surface area (Å²) in [4.78, 5) is 28.5. The molecule has 7 heteroatoms. The first kappa shape index (κ1) is 16.2. The first-order valence-electron chi connectivity index (χ1n) is 8.86. The number of hydrogen-bond donors (Lipinski definition) is 1. The average molecular weight is 343 g/mol. The summed E-state index contributed by atoms with van der Waals surface area (Å²) in [5.74, 6) is 0.985. The summed E-state index contributed by atoms with van der Waals surface area (Å²) in [5.41, 5.74) is 0.563. The van der Waals surface area contributed by atoms with Crippen molar-refractivity contribution in [2.24, 2.45) is 5.41 Å². The minimum absolute atomic E-state index is 0.143. The van der Waals surface area contributed by atoms with E-state index in [0.717, 1.165) is 55.9 Å². The molecule has 0 aromatic carbocycles. The van der Waals surface area contributed by atoms with Crippen LogP contribution in [0.25, 0.3) is 11.0 Å². The number of nitrogens with zero attached hydrogens (tertiary/aromatic N) is 4. The third kappa shape index (κ3) is 3.03. The lowest BCUT2D eigenvalue weighted by molar-refractivity contribution is 0.0276. The molecule has 2 aromatic heterocycles. The van der Waals surface area contributed by atoms with Crippen molar-refractivity contribution in [3.63, 3.8) is 0 Å². The largest absolute Gasteiger partial charge is 0.444 e. The Balaban J connectivity index is 1.47. The average Bonchev–Trinajstić information content (AvgIpc) is 3.26. The molecule has 0 radical (unpaired) electrons. The molecule has 1 N–H and O–H groups in total. The lowest BCUT2D eigenvalue weighted by Gasteiger charge is -2.27. The fourth-order valence-corrected chi connectivity index (χ4v) is 3.98. The standard InChI is InChI=1S/C18H25N5O2/c1-17(2,3)25-16(24)23-9-6-18(11-23)5-8-22(10-18)15-13-4-7-19-14(13)20-12-21-15/h4,7,12H,5-6,8-11H2,1-3H3,(H,19,20,21). The second-order valence-corrected chi connectivity index (χ2v) is 8.26. The van der Waals surface area contributed by atoms with Gasteiger partial charge in [0.15, 0.2) is 0 Å². The number of H-pyrrole nitrogens is 1. The number of amides is 1. The maximum atomic E-state index is 12.4. The van der Waals surface area contributed by atoms with Gasteiger partial charge in [-0.05, 0) is 39.7 Å². The fraction of sp³-hybridized carbons (Fsp3) is 0.611. The summed E-state index contributed by atoms with van der Waals surface area (Å²) in [5, 5.41) is 1.06. The summed E-state index contributed by atoms with van der Waals surface area (Å²) in [7, 11) is 0. The number of hydrogen-bond acceptors (Lipinski definition) is 5. The van der Waals surface area contributed by atoms with E-state index in [1.54, 1.807) is 6.33 Å². The van der Waals surface area contributed by atoms with Crippen LogP contribution < -0.4 is 4.90 Å². The zero-order chi connectivity index (χ0) is 17.7. The minimum atomic E-state index is -0.449. The van der Waals surface area contributed by atoms with Crippen molar-refractivity contribution in [3.8, 4) is 0 Å². The van der Waals surface area contributed by atoms with Crippen LogP contribution in [0.4, 0.5) is 10.6 Å². The van der Waals surface area contributed by atoms with E-state index in [4.69, 9.17) is 4.74 Å². The van der Waals surface area contributed by atoms with E-state index >= 15 is 0 Å². The number of carbonyl (C=O) groups is 1. The van der Waals surface area contributed by atoms with Gasteiger partial charge in [-0.2, -0.15) is 0 Å². The van der Waals surface area contributed by atoms with Gasteiger partial charge in [0.2, 0.25) is 0 Å². The monoisotopic (exact) mass is 343 g/mol. The molecule has 0 bridgehead atoms. The van der Waals surface area contributed by atoms with Gasteiger partial charge in [-0.1, -0.05) is 0 Å². The molecule has 0 saturated carbocycles. The van der Waals surface area contributed by atoms with Gasteiger partial charge in [-0.3, -0.25) is 0 Å². The molecule has 2 fully saturated rings. The molecule has 2 saturated heterocycles. The predicted molar refractivity (Wildman–Crippen MR) is 95.6 cm³/mol. The van der Waals surface area contributed by atoms with E-state index in [9.17, 15) is 4.79 Å². The molecule has 1 unspecified atom stereocenters. The number of nitrogens with one attached hydrogen (secondary N) is 1. The van der Waals surface area contributed by atoms with E-state index in [1.807, 2.05) is 37.9 Å². The van der Waals surface area contributed by atoms with Crippen LogP contribution in [-0.4, -0.2) is 57.7 Å². The van der Waals surface area contributed by atoms with Crippen molar-refractivity contribution in [3.05, 3.63) is 18.6 Å². The highest BCUT2D eigenvalue weighted by Crippen LogP contribution is 2.42. The van der Waals surface area contributed by atoms with E-state index in [1.165, 1.54) is 0 Å². The Morgan fingerprint density at radius 3 is 2.84 bits per heavy atom. The molecular weight excluding hydrogens is 318 g/mol. The third-order valence-corrected chi connectivity index (χ3v) is 5.16. The van der Waals surface area contributed by atoms with Gasteiger partial charge in [0.05, 0.1) is 5.39 Å². The Morgan fingerprint density at radius 2 is 2.04 bits per heavy atom. The topological polar surface area (TPSA) is 74.3 Å². The molecule has 4 heterocycles. The maximum Gasteiger partial charge on any atom is 0.410 e. The zero-order valence-electron chi connectivity index (χ0n) is 15.1. The van der Waals surface area contributed by atoms with E-state index in [-0.39, 0.29) is 11.5 Å². The Hall–Kier alpha value is -2.31. The van der Waals surface area contributed by atoms with Crippen molar-refractivity contribution in [2.75, 3.05) is 31.1 Å².